The third kappa shape index (κ3) is 4.46. The van der Waals surface area contributed by atoms with Crippen LogP contribution in [0.1, 0.15) is 48.4 Å². The van der Waals surface area contributed by atoms with Gasteiger partial charge in [-0.15, -0.1) is 0 Å². The molecule has 0 bridgehead atoms. The van der Waals surface area contributed by atoms with Crippen LogP contribution in [0.2, 0.25) is 5.02 Å². The standard InChI is InChI=1S/C24H28ClN3O2/c1-27(16-17-11-13-19(25)14-12-17)23(29)22-10-5-15-28(22)24(30)26-21-9-4-7-18-6-2-3-8-20(18)21/h2-3,6,8,11-14,21-22H,4-5,7,9-10,15-16H2,1H3,(H,26,30)/t21?,22-/m1/s1. The monoisotopic (exact) mass is 425 g/mol. The number of amides is 3. The fourth-order valence-corrected chi connectivity index (χ4v) is 4.72. The van der Waals surface area contributed by atoms with Crippen molar-refractivity contribution >= 4 is 23.5 Å². The molecule has 0 spiro atoms. The van der Waals surface area contributed by atoms with Crippen molar-refractivity contribution < 1.29 is 9.59 Å². The summed E-state index contributed by atoms with van der Waals surface area (Å²) in [4.78, 5) is 29.6. The van der Waals surface area contributed by atoms with Gasteiger partial charge in [-0.3, -0.25) is 4.79 Å². The third-order valence-electron chi connectivity index (χ3n) is 6.18. The van der Waals surface area contributed by atoms with Crippen molar-refractivity contribution in [2.75, 3.05) is 13.6 Å². The zero-order valence-corrected chi connectivity index (χ0v) is 18.1. The number of likely N-dealkylation sites (tertiary alicyclic amines) is 1. The van der Waals surface area contributed by atoms with Crippen molar-refractivity contribution in [1.82, 2.24) is 15.1 Å². The molecule has 4 rings (SSSR count). The molecular formula is C24H28ClN3O2. The van der Waals surface area contributed by atoms with Crippen LogP contribution in [-0.4, -0.2) is 41.4 Å². The van der Waals surface area contributed by atoms with E-state index < -0.39 is 6.04 Å². The molecular weight excluding hydrogens is 398 g/mol. The molecule has 2 aromatic carbocycles. The molecule has 30 heavy (non-hydrogen) atoms. The first kappa shape index (κ1) is 20.7. The number of nitrogens with zero attached hydrogens (tertiary/aromatic N) is 2. The second-order valence-corrected chi connectivity index (χ2v) is 8.70. The normalized spacial score (nSPS) is 20.5. The molecule has 1 aliphatic carbocycles. The lowest BCUT2D eigenvalue weighted by Gasteiger charge is -2.32. The first-order valence-corrected chi connectivity index (χ1v) is 11.0. The van der Waals surface area contributed by atoms with E-state index in [1.807, 2.05) is 30.3 Å². The quantitative estimate of drug-likeness (QED) is 0.781. The van der Waals surface area contributed by atoms with Gasteiger partial charge in [-0.2, -0.15) is 0 Å². The molecule has 1 fully saturated rings. The van der Waals surface area contributed by atoms with Gasteiger partial charge in [0.25, 0.3) is 0 Å². The lowest BCUT2D eigenvalue weighted by molar-refractivity contribution is -0.134. The minimum atomic E-state index is -0.402. The van der Waals surface area contributed by atoms with E-state index in [9.17, 15) is 9.59 Å². The maximum atomic E-state index is 13.1. The lowest BCUT2D eigenvalue weighted by atomic mass is 9.88. The summed E-state index contributed by atoms with van der Waals surface area (Å²) in [5.74, 6) is -0.0124. The van der Waals surface area contributed by atoms with Crippen LogP contribution >= 0.6 is 11.6 Å². The number of rotatable bonds is 4. The summed E-state index contributed by atoms with van der Waals surface area (Å²) in [5, 5.41) is 3.87. The van der Waals surface area contributed by atoms with Gasteiger partial charge in [0.2, 0.25) is 5.91 Å². The van der Waals surface area contributed by atoms with Crippen molar-refractivity contribution in [3.8, 4) is 0 Å². The van der Waals surface area contributed by atoms with E-state index in [2.05, 4.69) is 23.5 Å². The van der Waals surface area contributed by atoms with Crippen molar-refractivity contribution in [2.24, 2.45) is 0 Å². The highest BCUT2D eigenvalue weighted by atomic mass is 35.5. The zero-order chi connectivity index (χ0) is 21.1. The molecule has 2 atom stereocenters. The molecule has 1 unspecified atom stereocenters. The van der Waals surface area contributed by atoms with Crippen molar-refractivity contribution in [3.63, 3.8) is 0 Å². The Labute approximate surface area is 183 Å². The summed E-state index contributed by atoms with van der Waals surface area (Å²) in [7, 11) is 1.79. The molecule has 2 aliphatic rings. The molecule has 1 heterocycles. The molecule has 1 aliphatic heterocycles. The molecule has 2 aromatic rings. The Balaban J connectivity index is 1.41. The number of hydrogen-bond acceptors (Lipinski definition) is 2. The van der Waals surface area contributed by atoms with Crippen molar-refractivity contribution in [3.05, 3.63) is 70.2 Å². The lowest BCUT2D eigenvalue weighted by Crippen LogP contribution is -2.50. The maximum Gasteiger partial charge on any atom is 0.318 e. The van der Waals surface area contributed by atoms with Crippen LogP contribution in [0.3, 0.4) is 0 Å². The minimum absolute atomic E-state index is 0.0124. The van der Waals surface area contributed by atoms with Crippen molar-refractivity contribution in [1.29, 1.82) is 0 Å². The Morgan fingerprint density at radius 1 is 1.10 bits per heavy atom. The Kier molecular flexibility index (Phi) is 6.28. The number of nitrogens with one attached hydrogen (secondary N) is 1. The zero-order valence-electron chi connectivity index (χ0n) is 17.3. The summed E-state index contributed by atoms with van der Waals surface area (Å²) in [6.07, 6.45) is 4.61. The Morgan fingerprint density at radius 2 is 1.87 bits per heavy atom. The SMILES string of the molecule is CN(Cc1ccc(Cl)cc1)C(=O)[C@H]1CCCN1C(=O)NC1CCCc2ccccc21. The van der Waals surface area contributed by atoms with E-state index in [-0.39, 0.29) is 18.0 Å². The Morgan fingerprint density at radius 3 is 2.67 bits per heavy atom. The predicted octanol–water partition coefficient (Wildman–Crippen LogP) is 4.55. The van der Waals surface area contributed by atoms with Crippen LogP contribution in [0.5, 0.6) is 0 Å². The second kappa shape index (κ2) is 9.09. The third-order valence-corrected chi connectivity index (χ3v) is 6.43. The molecule has 158 valence electrons. The number of likely N-dealkylation sites (N-methyl/N-ethyl adjacent to an activating group) is 1. The van der Waals surface area contributed by atoms with Crippen molar-refractivity contribution in [2.45, 2.75) is 50.7 Å². The van der Waals surface area contributed by atoms with Gasteiger partial charge < -0.3 is 15.1 Å². The van der Waals surface area contributed by atoms with Gasteiger partial charge in [0.1, 0.15) is 6.04 Å². The van der Waals surface area contributed by atoms with Gasteiger partial charge in [-0.1, -0.05) is 48.0 Å². The fraction of sp³-hybridized carbons (Fsp3) is 0.417. The van der Waals surface area contributed by atoms with E-state index >= 15 is 0 Å². The van der Waals surface area contributed by atoms with E-state index in [0.29, 0.717) is 24.5 Å². The highest BCUT2D eigenvalue weighted by molar-refractivity contribution is 6.30. The summed E-state index contributed by atoms with van der Waals surface area (Å²) in [6.45, 7) is 1.11. The Hall–Kier alpha value is -2.53. The largest absolute Gasteiger partial charge is 0.340 e. The Bertz CT molecular complexity index is 915. The van der Waals surface area contributed by atoms with Gasteiger partial charge in [0.05, 0.1) is 6.04 Å². The maximum absolute atomic E-state index is 13.1. The highest BCUT2D eigenvalue weighted by Crippen LogP contribution is 2.30. The number of carbonyl (C=O) groups excluding carboxylic acids is 2. The number of fused-ring (bicyclic) bond motifs is 1. The highest BCUT2D eigenvalue weighted by Gasteiger charge is 2.36. The van der Waals surface area contributed by atoms with Crippen LogP contribution in [0.15, 0.2) is 48.5 Å². The molecule has 0 aromatic heterocycles. The van der Waals surface area contributed by atoms with Gasteiger partial charge in [0.15, 0.2) is 0 Å². The van der Waals surface area contributed by atoms with E-state index in [4.69, 9.17) is 11.6 Å². The summed E-state index contributed by atoms with van der Waals surface area (Å²) in [6, 6.07) is 15.3. The van der Waals surface area contributed by atoms with Crippen LogP contribution in [0.25, 0.3) is 0 Å². The predicted molar refractivity (Wildman–Crippen MR) is 118 cm³/mol. The van der Waals surface area contributed by atoms with E-state index in [1.165, 1.54) is 11.1 Å². The average Bonchev–Trinajstić information content (AvgIpc) is 3.25. The van der Waals surface area contributed by atoms with Crippen LogP contribution < -0.4 is 5.32 Å². The molecule has 5 nitrogen and oxygen atoms in total. The number of aryl methyl sites for hydroxylation is 1. The number of carbonyl (C=O) groups is 2. The number of halogens is 1. The number of benzene rings is 2. The van der Waals surface area contributed by atoms with E-state index in [0.717, 1.165) is 31.2 Å². The van der Waals surface area contributed by atoms with Gasteiger partial charge in [-0.05, 0) is 60.9 Å². The van der Waals surface area contributed by atoms with Gasteiger partial charge in [-0.25, -0.2) is 4.79 Å². The summed E-state index contributed by atoms with van der Waals surface area (Å²) in [5.41, 5.74) is 3.54. The molecule has 6 heteroatoms. The van der Waals surface area contributed by atoms with Gasteiger partial charge >= 0.3 is 6.03 Å². The second-order valence-electron chi connectivity index (χ2n) is 8.27. The molecule has 0 radical (unpaired) electrons. The molecule has 0 saturated carbocycles. The first-order chi connectivity index (χ1) is 14.5. The van der Waals surface area contributed by atoms with E-state index in [1.54, 1.807) is 16.8 Å². The smallest absolute Gasteiger partial charge is 0.318 e. The summed E-state index contributed by atoms with van der Waals surface area (Å²) < 4.78 is 0. The first-order valence-electron chi connectivity index (χ1n) is 10.7. The number of hydrogen-bond donors (Lipinski definition) is 1. The molecule has 1 N–H and O–H groups in total. The van der Waals surface area contributed by atoms with Gasteiger partial charge in [0, 0.05) is 25.2 Å². The topological polar surface area (TPSA) is 52.7 Å². The summed E-state index contributed by atoms with van der Waals surface area (Å²) >= 11 is 5.95. The fourth-order valence-electron chi connectivity index (χ4n) is 4.60. The number of urea groups is 1. The average molecular weight is 426 g/mol. The minimum Gasteiger partial charge on any atom is -0.340 e. The van der Waals surface area contributed by atoms with Crippen LogP contribution in [-0.2, 0) is 17.8 Å². The van der Waals surface area contributed by atoms with Crippen LogP contribution in [0.4, 0.5) is 4.79 Å². The molecule has 1 saturated heterocycles. The molecule has 3 amide bonds. The van der Waals surface area contributed by atoms with Crippen LogP contribution in [0, 0.1) is 0 Å².